The molecule has 2 aromatic rings. The Bertz CT molecular complexity index is 1500. The molecule has 1 N–H and O–H groups in total. The molecule has 0 bridgehead atoms. The van der Waals surface area contributed by atoms with Gasteiger partial charge in [-0.2, -0.15) is 0 Å². The Morgan fingerprint density at radius 3 is 2.32 bits per heavy atom. The van der Waals surface area contributed by atoms with Gasteiger partial charge in [0, 0.05) is 20.2 Å². The van der Waals surface area contributed by atoms with Crippen molar-refractivity contribution in [2.24, 2.45) is 10.9 Å². The van der Waals surface area contributed by atoms with Crippen molar-refractivity contribution < 1.29 is 42.2 Å². The standard InChI is InChI=1S/C30H33ClF2N4O7/c1-29(2,3)44-27(40)34-26-35-30(17-8-9-17,18-12-19(32)14-20(33)13-18)25(39)37(26)23(15-43-28(41)36(4)5)16-7-10-22(31)21(11-16)24(38)42-6/h7,10-14,17,23H,8-9,15H2,1-6H3,(H,34,35,40)/t23?,30-/m1/s1. The average Bonchev–Trinajstić information content (AvgIpc) is 3.73. The molecule has 236 valence electrons. The lowest BCUT2D eigenvalue weighted by Gasteiger charge is -2.31. The van der Waals surface area contributed by atoms with E-state index in [1.807, 2.05) is 0 Å². The average molecular weight is 635 g/mol. The zero-order chi connectivity index (χ0) is 32.6. The number of benzene rings is 2. The highest BCUT2D eigenvalue weighted by Gasteiger charge is 2.61. The Labute approximate surface area is 258 Å². The van der Waals surface area contributed by atoms with E-state index in [2.05, 4.69) is 10.3 Å². The summed E-state index contributed by atoms with van der Waals surface area (Å²) in [6, 6.07) is 5.82. The first-order valence-corrected chi connectivity index (χ1v) is 14.1. The molecular weight excluding hydrogens is 602 g/mol. The van der Waals surface area contributed by atoms with E-state index in [9.17, 15) is 28.0 Å². The first-order chi connectivity index (χ1) is 20.6. The molecule has 2 aliphatic rings. The zero-order valence-corrected chi connectivity index (χ0v) is 25.8. The Morgan fingerprint density at radius 1 is 1.14 bits per heavy atom. The normalized spacial score (nSPS) is 19.8. The van der Waals surface area contributed by atoms with E-state index in [-0.39, 0.29) is 27.7 Å². The molecule has 1 saturated heterocycles. The van der Waals surface area contributed by atoms with Crippen LogP contribution < -0.4 is 5.32 Å². The zero-order valence-electron chi connectivity index (χ0n) is 25.1. The van der Waals surface area contributed by atoms with Crippen molar-refractivity contribution in [2.75, 3.05) is 27.8 Å². The monoisotopic (exact) mass is 634 g/mol. The molecule has 0 radical (unpaired) electrons. The molecule has 4 rings (SSSR count). The number of carbonyl (C=O) groups excluding carboxylic acids is 4. The fraction of sp³-hybridized carbons (Fsp3) is 0.433. The van der Waals surface area contributed by atoms with E-state index in [0.717, 1.165) is 17.0 Å². The third-order valence-corrected chi connectivity index (χ3v) is 7.34. The maximum atomic E-state index is 14.7. The molecular formula is C30H33ClF2N4O7. The summed E-state index contributed by atoms with van der Waals surface area (Å²) in [5.41, 5.74) is -2.48. The number of nitrogens with zero attached hydrogens (tertiary/aromatic N) is 3. The summed E-state index contributed by atoms with van der Waals surface area (Å²) < 4.78 is 44.8. The van der Waals surface area contributed by atoms with Crippen LogP contribution in [0.4, 0.5) is 18.4 Å². The number of nitrogens with one attached hydrogen (secondary N) is 1. The highest BCUT2D eigenvalue weighted by molar-refractivity contribution is 6.33. The first kappa shape index (κ1) is 32.6. The first-order valence-electron chi connectivity index (χ1n) is 13.7. The summed E-state index contributed by atoms with van der Waals surface area (Å²) in [6.45, 7) is 4.42. The second-order valence-electron chi connectivity index (χ2n) is 11.7. The van der Waals surface area contributed by atoms with E-state index in [1.54, 1.807) is 20.8 Å². The van der Waals surface area contributed by atoms with Crippen LogP contribution in [0.3, 0.4) is 0 Å². The van der Waals surface area contributed by atoms with Gasteiger partial charge in [-0.3, -0.25) is 9.69 Å². The van der Waals surface area contributed by atoms with Gasteiger partial charge in [0.15, 0.2) is 0 Å². The molecule has 14 heteroatoms. The second kappa shape index (κ2) is 12.4. The summed E-state index contributed by atoms with van der Waals surface area (Å²) >= 11 is 6.25. The predicted molar refractivity (Wildman–Crippen MR) is 155 cm³/mol. The molecule has 1 aliphatic heterocycles. The molecule has 2 aromatic carbocycles. The van der Waals surface area contributed by atoms with E-state index in [1.165, 1.54) is 44.3 Å². The van der Waals surface area contributed by atoms with Crippen molar-refractivity contribution in [2.45, 2.75) is 50.8 Å². The molecule has 1 heterocycles. The Balaban J connectivity index is 1.94. The van der Waals surface area contributed by atoms with Gasteiger partial charge in [-0.15, -0.1) is 4.99 Å². The Kier molecular flexibility index (Phi) is 9.19. The van der Waals surface area contributed by atoms with Gasteiger partial charge in [0.1, 0.15) is 29.4 Å². The van der Waals surface area contributed by atoms with Crippen LogP contribution in [0.2, 0.25) is 5.02 Å². The Morgan fingerprint density at radius 2 is 1.77 bits per heavy atom. The van der Waals surface area contributed by atoms with Crippen LogP contribution in [0.25, 0.3) is 0 Å². The van der Waals surface area contributed by atoms with Crippen molar-refractivity contribution in [3.05, 3.63) is 69.7 Å². The maximum Gasteiger partial charge on any atom is 0.437 e. The van der Waals surface area contributed by atoms with Crippen molar-refractivity contribution in [1.29, 1.82) is 0 Å². The number of halogens is 3. The summed E-state index contributed by atoms with van der Waals surface area (Å²) in [4.78, 5) is 59.0. The van der Waals surface area contributed by atoms with Crippen LogP contribution in [-0.2, 0) is 24.5 Å². The summed E-state index contributed by atoms with van der Waals surface area (Å²) in [7, 11) is 4.09. The molecule has 1 unspecified atom stereocenters. The number of guanidine groups is 1. The third kappa shape index (κ3) is 6.77. The number of aliphatic imine (C=N–C) groups is 1. The molecule has 1 aliphatic carbocycles. The third-order valence-electron chi connectivity index (χ3n) is 7.01. The van der Waals surface area contributed by atoms with Crippen LogP contribution in [0.5, 0.6) is 0 Å². The van der Waals surface area contributed by atoms with Crippen molar-refractivity contribution >= 4 is 41.6 Å². The number of methoxy groups -OCH3 is 1. The van der Waals surface area contributed by atoms with Gasteiger partial charge in [-0.05, 0) is 74.9 Å². The predicted octanol–water partition coefficient (Wildman–Crippen LogP) is 5.17. The molecule has 44 heavy (non-hydrogen) atoms. The fourth-order valence-corrected chi connectivity index (χ4v) is 5.13. The Hall–Kier alpha value is -4.26. The van der Waals surface area contributed by atoms with Crippen LogP contribution >= 0.6 is 11.6 Å². The van der Waals surface area contributed by atoms with E-state index in [0.29, 0.717) is 18.9 Å². The number of hydrogen-bond donors (Lipinski definition) is 1. The number of rotatable bonds is 7. The molecule has 3 amide bonds. The number of carbonyl (C=O) groups is 4. The quantitative estimate of drug-likeness (QED) is 0.326. The highest BCUT2D eigenvalue weighted by atomic mass is 35.5. The molecule has 0 aromatic heterocycles. The van der Waals surface area contributed by atoms with Crippen LogP contribution in [0, 0.1) is 17.6 Å². The van der Waals surface area contributed by atoms with Gasteiger partial charge in [0.2, 0.25) is 5.96 Å². The molecule has 11 nitrogen and oxygen atoms in total. The van der Waals surface area contributed by atoms with E-state index in [4.69, 9.17) is 25.8 Å². The van der Waals surface area contributed by atoms with Gasteiger partial charge in [-0.1, -0.05) is 17.7 Å². The molecule has 0 spiro atoms. The lowest BCUT2D eigenvalue weighted by atomic mass is 9.84. The van der Waals surface area contributed by atoms with Gasteiger partial charge in [0.25, 0.3) is 5.91 Å². The van der Waals surface area contributed by atoms with Crippen molar-refractivity contribution in [3.8, 4) is 0 Å². The van der Waals surface area contributed by atoms with Gasteiger partial charge < -0.3 is 24.4 Å². The van der Waals surface area contributed by atoms with Crippen molar-refractivity contribution in [3.63, 3.8) is 0 Å². The van der Waals surface area contributed by atoms with Crippen LogP contribution in [0.1, 0.15) is 61.1 Å². The number of esters is 1. The SMILES string of the molecule is COC(=O)c1cc(C(COC(=O)N(C)C)N2C(=O)[C@](c3cc(F)cc(F)c3)(C3CC3)NC2=NC(=O)OC(C)(C)C)ccc1Cl. The minimum Gasteiger partial charge on any atom is -0.465 e. The number of amides is 3. The van der Waals surface area contributed by atoms with Gasteiger partial charge in [0.05, 0.1) is 23.7 Å². The van der Waals surface area contributed by atoms with Crippen LogP contribution in [-0.4, -0.2) is 73.2 Å². The minimum absolute atomic E-state index is 0.0164. The molecule has 1 saturated carbocycles. The van der Waals surface area contributed by atoms with E-state index < -0.39 is 65.4 Å². The number of ether oxygens (including phenoxy) is 3. The highest BCUT2D eigenvalue weighted by Crippen LogP contribution is 2.50. The lowest BCUT2D eigenvalue weighted by Crippen LogP contribution is -2.47. The summed E-state index contributed by atoms with van der Waals surface area (Å²) in [5, 5.41) is 3.05. The van der Waals surface area contributed by atoms with E-state index >= 15 is 0 Å². The van der Waals surface area contributed by atoms with Crippen LogP contribution in [0.15, 0.2) is 41.4 Å². The lowest BCUT2D eigenvalue weighted by molar-refractivity contribution is -0.134. The summed E-state index contributed by atoms with van der Waals surface area (Å²) in [6.07, 6.45) is -0.746. The number of hydrogen-bond acceptors (Lipinski definition) is 7. The van der Waals surface area contributed by atoms with Gasteiger partial charge >= 0.3 is 18.2 Å². The summed E-state index contributed by atoms with van der Waals surface area (Å²) in [5.74, 6) is -4.02. The molecule has 2 fully saturated rings. The second-order valence-corrected chi connectivity index (χ2v) is 12.1. The van der Waals surface area contributed by atoms with Crippen molar-refractivity contribution in [1.82, 2.24) is 15.1 Å². The molecule has 2 atom stereocenters. The topological polar surface area (TPSA) is 127 Å². The fourth-order valence-electron chi connectivity index (χ4n) is 4.94. The minimum atomic E-state index is -1.73. The largest absolute Gasteiger partial charge is 0.465 e. The smallest absolute Gasteiger partial charge is 0.437 e. The maximum absolute atomic E-state index is 14.7. The van der Waals surface area contributed by atoms with Gasteiger partial charge in [-0.25, -0.2) is 23.2 Å².